The van der Waals surface area contributed by atoms with Crippen LogP contribution in [0.3, 0.4) is 0 Å². The van der Waals surface area contributed by atoms with Crippen LogP contribution in [0.1, 0.15) is 64.2 Å². The number of nitrogens with zero attached hydrogens (tertiary/aromatic N) is 3. The third-order valence-corrected chi connectivity index (χ3v) is 7.01. The lowest BCUT2D eigenvalue weighted by molar-refractivity contribution is 0.165. The maximum atomic E-state index is 13.6. The molecule has 1 N–H and O–H groups in total. The second kappa shape index (κ2) is 10.5. The molecule has 7 heteroatoms. The minimum absolute atomic E-state index is 0.0824. The zero-order chi connectivity index (χ0) is 23.4. The van der Waals surface area contributed by atoms with Crippen molar-refractivity contribution in [2.24, 2.45) is 0 Å². The van der Waals surface area contributed by atoms with Gasteiger partial charge in [-0.1, -0.05) is 54.2 Å². The molecule has 0 aliphatic heterocycles. The zero-order valence-electron chi connectivity index (χ0n) is 19.3. The Morgan fingerprint density at radius 3 is 2.48 bits per heavy atom. The number of halogens is 1. The van der Waals surface area contributed by atoms with Gasteiger partial charge in [0.05, 0.1) is 22.6 Å². The number of rotatable bonds is 6. The minimum Gasteiger partial charge on any atom is -0.335 e. The number of carbonyl (C=O) groups is 1. The highest BCUT2D eigenvalue weighted by Gasteiger charge is 2.29. The molecule has 174 valence electrons. The van der Waals surface area contributed by atoms with Crippen molar-refractivity contribution in [3.05, 3.63) is 69.2 Å². The third-order valence-electron chi connectivity index (χ3n) is 6.48. The van der Waals surface area contributed by atoms with Gasteiger partial charge in [-0.2, -0.15) is 0 Å². The predicted molar refractivity (Wildman–Crippen MR) is 136 cm³/mol. The first kappa shape index (κ1) is 23.5. The zero-order valence-corrected chi connectivity index (χ0v) is 20.8. The number of fused-ring (bicyclic) bond motifs is 1. The monoisotopic (exact) mass is 510 g/mol. The highest BCUT2D eigenvalue weighted by atomic mass is 79.9. The molecule has 6 nitrogen and oxygen atoms in total. The van der Waals surface area contributed by atoms with Crippen molar-refractivity contribution in [2.45, 2.75) is 64.5 Å². The minimum atomic E-state index is -0.334. The van der Waals surface area contributed by atoms with E-state index >= 15 is 0 Å². The van der Waals surface area contributed by atoms with E-state index in [-0.39, 0.29) is 23.7 Å². The van der Waals surface area contributed by atoms with Crippen LogP contribution in [0.25, 0.3) is 16.6 Å². The van der Waals surface area contributed by atoms with Crippen LogP contribution >= 0.6 is 15.9 Å². The normalized spacial score (nSPS) is 15.4. The van der Waals surface area contributed by atoms with Crippen molar-refractivity contribution in [1.29, 1.82) is 0 Å². The summed E-state index contributed by atoms with van der Waals surface area (Å²) in [4.78, 5) is 33.7. The van der Waals surface area contributed by atoms with E-state index in [9.17, 15) is 9.59 Å². The van der Waals surface area contributed by atoms with Crippen LogP contribution < -0.4 is 10.9 Å². The van der Waals surface area contributed by atoms with E-state index in [1.165, 1.54) is 6.42 Å². The second-order valence-electron chi connectivity index (χ2n) is 8.60. The van der Waals surface area contributed by atoms with Gasteiger partial charge in [-0.15, -0.1) is 0 Å². The summed E-state index contributed by atoms with van der Waals surface area (Å²) in [5.74, 6) is 0.587. The van der Waals surface area contributed by atoms with Gasteiger partial charge in [-0.05, 0) is 62.6 Å². The lowest BCUT2D eigenvalue weighted by atomic mass is 9.96. The van der Waals surface area contributed by atoms with Crippen LogP contribution in [0.5, 0.6) is 0 Å². The van der Waals surface area contributed by atoms with Crippen molar-refractivity contribution in [2.75, 3.05) is 6.54 Å². The van der Waals surface area contributed by atoms with Gasteiger partial charge in [0.1, 0.15) is 5.82 Å². The Labute approximate surface area is 203 Å². The van der Waals surface area contributed by atoms with E-state index in [0.717, 1.165) is 35.8 Å². The fraction of sp³-hybridized carbons (Fsp3) is 0.423. The number of benzene rings is 2. The second-order valence-corrected chi connectivity index (χ2v) is 9.51. The molecule has 4 rings (SSSR count). The Kier molecular flexibility index (Phi) is 7.48. The molecule has 33 heavy (non-hydrogen) atoms. The molecule has 1 aromatic heterocycles. The molecule has 1 atom stereocenters. The highest BCUT2D eigenvalue weighted by Crippen LogP contribution is 2.27. The first-order chi connectivity index (χ1) is 16.0. The van der Waals surface area contributed by atoms with Crippen LogP contribution in [0.15, 0.2) is 57.8 Å². The van der Waals surface area contributed by atoms with Gasteiger partial charge in [0.15, 0.2) is 0 Å². The lowest BCUT2D eigenvalue weighted by Gasteiger charge is -2.33. The topological polar surface area (TPSA) is 67.2 Å². The van der Waals surface area contributed by atoms with Crippen molar-refractivity contribution >= 4 is 32.9 Å². The van der Waals surface area contributed by atoms with Crippen molar-refractivity contribution < 1.29 is 4.79 Å². The molecule has 0 radical (unpaired) electrons. The molecule has 2 amide bonds. The van der Waals surface area contributed by atoms with Crippen molar-refractivity contribution in [3.63, 3.8) is 0 Å². The molecule has 1 aliphatic carbocycles. The molecule has 1 fully saturated rings. The summed E-state index contributed by atoms with van der Waals surface area (Å²) in [6.07, 6.45) is 6.25. The maximum Gasteiger partial charge on any atom is 0.318 e. The van der Waals surface area contributed by atoms with Crippen molar-refractivity contribution in [3.8, 4) is 5.69 Å². The van der Waals surface area contributed by atoms with Crippen LogP contribution in [-0.4, -0.2) is 33.1 Å². The van der Waals surface area contributed by atoms with Crippen LogP contribution in [0.2, 0.25) is 0 Å². The number of urea groups is 1. The van der Waals surface area contributed by atoms with Crippen LogP contribution in [0, 0.1) is 0 Å². The third kappa shape index (κ3) is 4.98. The van der Waals surface area contributed by atoms with Gasteiger partial charge in [-0.25, -0.2) is 9.78 Å². The molecular weight excluding hydrogens is 480 g/mol. The van der Waals surface area contributed by atoms with Gasteiger partial charge >= 0.3 is 6.03 Å². The first-order valence-electron chi connectivity index (χ1n) is 11.9. The molecule has 0 saturated heterocycles. The Hall–Kier alpha value is -2.67. The molecule has 1 saturated carbocycles. The average Bonchev–Trinajstić information content (AvgIpc) is 2.84. The first-order valence-corrected chi connectivity index (χ1v) is 12.7. The number of hydrogen-bond acceptors (Lipinski definition) is 3. The Balaban J connectivity index is 1.81. The maximum absolute atomic E-state index is 13.6. The largest absolute Gasteiger partial charge is 0.335 e. The number of carbonyl (C=O) groups excluding carboxylic acids is 1. The summed E-state index contributed by atoms with van der Waals surface area (Å²) in [6.45, 7) is 4.54. The number of aromatic nitrogens is 2. The molecule has 3 aromatic rings. The molecule has 0 bridgehead atoms. The van der Waals surface area contributed by atoms with E-state index in [0.29, 0.717) is 29.7 Å². The number of hydrogen-bond donors (Lipinski definition) is 1. The summed E-state index contributed by atoms with van der Waals surface area (Å²) < 4.78 is 2.60. The highest BCUT2D eigenvalue weighted by molar-refractivity contribution is 9.10. The van der Waals surface area contributed by atoms with Gasteiger partial charge in [0.25, 0.3) is 5.56 Å². The van der Waals surface area contributed by atoms with E-state index < -0.39 is 0 Å². The smallest absolute Gasteiger partial charge is 0.318 e. The SMILES string of the molecule is CCC(c1nc2ccccc2c(=O)n1-c1ccc(Br)cc1)N(CC)C(=O)NC1CCCCC1. The predicted octanol–water partition coefficient (Wildman–Crippen LogP) is 5.96. The van der Waals surface area contributed by atoms with E-state index in [2.05, 4.69) is 21.2 Å². The van der Waals surface area contributed by atoms with Gasteiger partial charge in [0.2, 0.25) is 0 Å². The quantitative estimate of drug-likeness (QED) is 0.444. The van der Waals surface area contributed by atoms with E-state index in [1.807, 2.05) is 61.2 Å². The summed E-state index contributed by atoms with van der Waals surface area (Å²) in [5, 5.41) is 3.80. The molecule has 1 unspecified atom stereocenters. The summed E-state index contributed by atoms with van der Waals surface area (Å²) in [5.41, 5.74) is 1.26. The molecular formula is C26H31BrN4O2. The average molecular weight is 511 g/mol. The number of para-hydroxylation sites is 1. The lowest BCUT2D eigenvalue weighted by Crippen LogP contribution is -2.47. The standard InChI is InChI=1S/C26H31BrN4O2/c1-3-23(30(4-2)26(33)28-19-10-6-5-7-11-19)24-29-22-13-9-8-12-21(22)25(32)31(24)20-16-14-18(27)15-17-20/h8-9,12-17,19,23H,3-7,10-11H2,1-2H3,(H,28,33). The van der Waals surface area contributed by atoms with Gasteiger partial charge < -0.3 is 10.2 Å². The Morgan fingerprint density at radius 1 is 1.12 bits per heavy atom. The number of amides is 2. The fourth-order valence-corrected chi connectivity index (χ4v) is 5.03. The molecule has 0 spiro atoms. The molecule has 1 aliphatic rings. The fourth-order valence-electron chi connectivity index (χ4n) is 4.77. The van der Waals surface area contributed by atoms with Crippen molar-refractivity contribution in [1.82, 2.24) is 19.8 Å². The van der Waals surface area contributed by atoms with E-state index in [1.54, 1.807) is 10.6 Å². The Morgan fingerprint density at radius 2 is 1.82 bits per heavy atom. The van der Waals surface area contributed by atoms with Gasteiger partial charge in [-0.3, -0.25) is 9.36 Å². The van der Waals surface area contributed by atoms with Crippen LogP contribution in [-0.2, 0) is 0 Å². The number of nitrogens with one attached hydrogen (secondary N) is 1. The van der Waals surface area contributed by atoms with Crippen LogP contribution in [0.4, 0.5) is 4.79 Å². The summed E-state index contributed by atoms with van der Waals surface area (Å²) in [6, 6.07) is 14.8. The summed E-state index contributed by atoms with van der Waals surface area (Å²) in [7, 11) is 0. The summed E-state index contributed by atoms with van der Waals surface area (Å²) >= 11 is 3.47. The Bertz CT molecular complexity index is 1170. The van der Waals surface area contributed by atoms with Gasteiger partial charge in [0, 0.05) is 17.1 Å². The molecule has 2 aromatic carbocycles. The molecule has 1 heterocycles. The van der Waals surface area contributed by atoms with E-state index in [4.69, 9.17) is 4.98 Å².